The third-order valence-electron chi connectivity index (χ3n) is 3.95. The minimum atomic E-state index is -0.488. The van der Waals surface area contributed by atoms with E-state index >= 15 is 0 Å². The molecular formula is C15H14N4O4S. The lowest BCUT2D eigenvalue weighted by atomic mass is 10.3. The highest BCUT2D eigenvalue weighted by Crippen LogP contribution is 2.40. The molecule has 1 amide bonds. The third kappa shape index (κ3) is 2.67. The second-order valence-electron chi connectivity index (χ2n) is 5.70. The van der Waals surface area contributed by atoms with Gasteiger partial charge in [0, 0.05) is 25.1 Å². The molecule has 124 valence electrons. The number of hydrogen-bond acceptors (Lipinski definition) is 6. The van der Waals surface area contributed by atoms with E-state index < -0.39 is 5.69 Å². The first kappa shape index (κ1) is 14.9. The van der Waals surface area contributed by atoms with Crippen LogP contribution in [0.2, 0.25) is 0 Å². The van der Waals surface area contributed by atoms with E-state index in [1.54, 1.807) is 17.5 Å². The Morgan fingerprint density at radius 1 is 1.46 bits per heavy atom. The van der Waals surface area contributed by atoms with Crippen LogP contribution < -0.4 is 16.6 Å². The molecule has 2 N–H and O–H groups in total. The van der Waals surface area contributed by atoms with Crippen LogP contribution in [0.4, 0.5) is 0 Å². The number of aromatic amines is 1. The van der Waals surface area contributed by atoms with Gasteiger partial charge in [-0.2, -0.15) is 0 Å². The Morgan fingerprint density at radius 3 is 3.08 bits per heavy atom. The molecule has 0 aromatic carbocycles. The van der Waals surface area contributed by atoms with Crippen molar-refractivity contribution >= 4 is 27.5 Å². The highest BCUT2D eigenvalue weighted by molar-refractivity contribution is 7.17. The molecule has 1 fully saturated rings. The predicted molar refractivity (Wildman–Crippen MR) is 87.5 cm³/mol. The number of hydrogen-bond donors (Lipinski definition) is 2. The highest BCUT2D eigenvalue weighted by atomic mass is 32.1. The maximum Gasteiger partial charge on any atom is 0.328 e. The van der Waals surface area contributed by atoms with Gasteiger partial charge in [0.1, 0.15) is 10.5 Å². The Bertz CT molecular complexity index is 1020. The van der Waals surface area contributed by atoms with Crippen molar-refractivity contribution in [3.63, 3.8) is 0 Å². The van der Waals surface area contributed by atoms with Crippen LogP contribution >= 0.6 is 11.3 Å². The second kappa shape index (κ2) is 5.75. The molecule has 0 unspecified atom stereocenters. The zero-order chi connectivity index (χ0) is 16.7. The van der Waals surface area contributed by atoms with Crippen molar-refractivity contribution in [2.45, 2.75) is 25.3 Å². The van der Waals surface area contributed by atoms with Gasteiger partial charge in [-0.3, -0.25) is 14.2 Å². The van der Waals surface area contributed by atoms with Crippen LogP contribution in [0, 0.1) is 0 Å². The maximum atomic E-state index is 12.3. The number of nitrogens with zero attached hydrogens (tertiary/aromatic N) is 2. The fraction of sp³-hybridized carbons (Fsp3) is 0.333. The fourth-order valence-corrected chi connectivity index (χ4v) is 3.30. The summed E-state index contributed by atoms with van der Waals surface area (Å²) < 4.78 is 6.71. The van der Waals surface area contributed by atoms with E-state index in [2.05, 4.69) is 15.5 Å². The van der Waals surface area contributed by atoms with Crippen LogP contribution in [0.15, 0.2) is 31.6 Å². The number of nitrogens with one attached hydrogen (secondary N) is 2. The molecule has 24 heavy (non-hydrogen) atoms. The Morgan fingerprint density at radius 2 is 2.29 bits per heavy atom. The van der Waals surface area contributed by atoms with Crippen LogP contribution in [0.3, 0.4) is 0 Å². The van der Waals surface area contributed by atoms with Gasteiger partial charge in [0.25, 0.3) is 11.5 Å². The van der Waals surface area contributed by atoms with Crippen LogP contribution in [-0.2, 0) is 6.54 Å². The normalized spacial score (nSPS) is 14.2. The minimum Gasteiger partial charge on any atom is -0.360 e. The fourth-order valence-electron chi connectivity index (χ4n) is 2.50. The molecule has 0 saturated heterocycles. The number of carbonyl (C=O) groups excluding carboxylic acids is 1. The Hall–Kier alpha value is -2.68. The van der Waals surface area contributed by atoms with E-state index in [-0.39, 0.29) is 30.2 Å². The van der Waals surface area contributed by atoms with Gasteiger partial charge in [0.15, 0.2) is 5.69 Å². The van der Waals surface area contributed by atoms with Crippen molar-refractivity contribution in [2.75, 3.05) is 6.54 Å². The van der Waals surface area contributed by atoms with Crippen molar-refractivity contribution < 1.29 is 9.32 Å². The van der Waals surface area contributed by atoms with E-state index in [1.165, 1.54) is 11.3 Å². The number of rotatable bonds is 5. The quantitative estimate of drug-likeness (QED) is 0.717. The molecule has 0 spiro atoms. The van der Waals surface area contributed by atoms with Crippen LogP contribution in [0.25, 0.3) is 10.2 Å². The maximum absolute atomic E-state index is 12.3. The molecular weight excluding hydrogens is 332 g/mol. The van der Waals surface area contributed by atoms with Gasteiger partial charge in [-0.15, -0.1) is 11.3 Å². The largest absolute Gasteiger partial charge is 0.360 e. The molecule has 1 aliphatic carbocycles. The van der Waals surface area contributed by atoms with E-state index in [4.69, 9.17) is 4.52 Å². The number of H-pyrrole nitrogens is 1. The zero-order valence-electron chi connectivity index (χ0n) is 12.6. The lowest BCUT2D eigenvalue weighted by molar-refractivity contribution is 0.0943. The minimum absolute atomic E-state index is 0.0844. The molecule has 3 aromatic heterocycles. The molecule has 4 rings (SSSR count). The van der Waals surface area contributed by atoms with Crippen molar-refractivity contribution in [1.82, 2.24) is 20.0 Å². The standard InChI is InChI=1S/C15H14N4O4S/c20-13(10-7-11(23-18-10)8-1-2-8)16-4-5-19-14(21)12-9(3-6-24-12)17-15(19)22/h3,6-8H,1-2,4-5H2,(H,16,20)(H,17,22). The van der Waals surface area contributed by atoms with Crippen molar-refractivity contribution in [1.29, 1.82) is 0 Å². The summed E-state index contributed by atoms with van der Waals surface area (Å²) in [6, 6.07) is 3.33. The molecule has 0 aliphatic heterocycles. The first-order chi connectivity index (χ1) is 11.6. The number of aromatic nitrogens is 3. The van der Waals surface area contributed by atoms with Crippen molar-refractivity contribution in [3.8, 4) is 0 Å². The summed E-state index contributed by atoms with van der Waals surface area (Å²) in [6.07, 6.45) is 2.13. The van der Waals surface area contributed by atoms with Crippen molar-refractivity contribution in [3.05, 3.63) is 49.8 Å². The summed E-state index contributed by atoms with van der Waals surface area (Å²) in [7, 11) is 0. The lowest BCUT2D eigenvalue weighted by Crippen LogP contribution is -2.38. The van der Waals surface area contributed by atoms with Gasteiger partial charge in [-0.05, 0) is 24.3 Å². The van der Waals surface area contributed by atoms with Crippen LogP contribution in [0.1, 0.15) is 35.0 Å². The SMILES string of the molecule is O=C(NCCn1c(=O)[nH]c2ccsc2c1=O)c1cc(C2CC2)on1. The summed E-state index contributed by atoms with van der Waals surface area (Å²) in [5, 5.41) is 8.14. The number of fused-ring (bicyclic) bond motifs is 1. The molecule has 3 heterocycles. The molecule has 3 aromatic rings. The number of carbonyl (C=O) groups is 1. The van der Waals surface area contributed by atoms with Gasteiger partial charge in [-0.25, -0.2) is 4.79 Å². The van der Waals surface area contributed by atoms with Crippen LogP contribution in [-0.4, -0.2) is 27.2 Å². The summed E-state index contributed by atoms with van der Waals surface area (Å²) in [6.45, 7) is 0.228. The molecule has 1 aliphatic rings. The second-order valence-corrected chi connectivity index (χ2v) is 6.61. The summed E-state index contributed by atoms with van der Waals surface area (Å²) >= 11 is 1.27. The van der Waals surface area contributed by atoms with Gasteiger partial charge >= 0.3 is 5.69 Å². The van der Waals surface area contributed by atoms with Gasteiger partial charge in [0.2, 0.25) is 0 Å². The van der Waals surface area contributed by atoms with E-state index in [0.717, 1.165) is 23.2 Å². The molecule has 0 atom stereocenters. The molecule has 9 heteroatoms. The molecule has 0 radical (unpaired) electrons. The highest BCUT2D eigenvalue weighted by Gasteiger charge is 2.28. The topological polar surface area (TPSA) is 110 Å². The average molecular weight is 346 g/mol. The number of thiophene rings is 1. The van der Waals surface area contributed by atoms with Gasteiger partial charge in [-0.1, -0.05) is 5.16 Å². The van der Waals surface area contributed by atoms with Gasteiger partial charge in [0.05, 0.1) is 5.52 Å². The Kier molecular flexibility index (Phi) is 3.57. The summed E-state index contributed by atoms with van der Waals surface area (Å²) in [4.78, 5) is 38.9. The van der Waals surface area contributed by atoms with Gasteiger partial charge < -0.3 is 14.8 Å². The lowest BCUT2D eigenvalue weighted by Gasteiger charge is -2.05. The van der Waals surface area contributed by atoms with Crippen LogP contribution in [0.5, 0.6) is 0 Å². The predicted octanol–water partition coefficient (Wildman–Crippen LogP) is 1.05. The van der Waals surface area contributed by atoms with Crippen molar-refractivity contribution in [2.24, 2.45) is 0 Å². The smallest absolute Gasteiger partial charge is 0.328 e. The first-order valence-electron chi connectivity index (χ1n) is 7.58. The van der Waals surface area contributed by atoms with E-state index in [0.29, 0.717) is 16.1 Å². The first-order valence-corrected chi connectivity index (χ1v) is 8.46. The van der Waals surface area contributed by atoms with E-state index in [9.17, 15) is 14.4 Å². The summed E-state index contributed by atoms with van der Waals surface area (Å²) in [5.41, 5.74) is -0.0922. The monoisotopic (exact) mass is 346 g/mol. The third-order valence-corrected chi connectivity index (χ3v) is 4.86. The average Bonchev–Trinajstić information content (AvgIpc) is 3.10. The number of amides is 1. The molecule has 1 saturated carbocycles. The Labute approximate surface area is 139 Å². The van der Waals surface area contributed by atoms with E-state index in [1.807, 2.05) is 0 Å². The summed E-state index contributed by atoms with van der Waals surface area (Å²) in [5.74, 6) is 0.733. The molecule has 8 nitrogen and oxygen atoms in total. The molecule has 0 bridgehead atoms. The Balaban J connectivity index is 1.44. The zero-order valence-corrected chi connectivity index (χ0v) is 13.4.